The first kappa shape index (κ1) is 10.6. The maximum absolute atomic E-state index is 13.1. The van der Waals surface area contributed by atoms with Crippen molar-refractivity contribution in [3.05, 3.63) is 34.9 Å². The largest absolute Gasteiger partial charge is 0.306 e. The van der Waals surface area contributed by atoms with Gasteiger partial charge in [-0.15, -0.1) is 0 Å². The van der Waals surface area contributed by atoms with Gasteiger partial charge in [0.15, 0.2) is 0 Å². The number of halogens is 2. The number of hydrogen-bond acceptors (Lipinski definition) is 1. The number of aryl methyl sites for hydroxylation is 2. The van der Waals surface area contributed by atoms with Crippen LogP contribution >= 0.6 is 0 Å². The molecule has 0 spiro atoms. The van der Waals surface area contributed by atoms with Gasteiger partial charge in [0, 0.05) is 0 Å². The molecule has 15 heavy (non-hydrogen) atoms. The van der Waals surface area contributed by atoms with Crippen molar-refractivity contribution >= 4 is 0 Å². The Balaban J connectivity index is 2.54. The molecule has 0 heterocycles. The molecular formula is C12H15F2N. The van der Waals surface area contributed by atoms with Crippen molar-refractivity contribution in [1.82, 2.24) is 5.32 Å². The molecule has 1 N–H and O–H groups in total. The van der Waals surface area contributed by atoms with Crippen molar-refractivity contribution in [3.63, 3.8) is 0 Å². The highest BCUT2D eigenvalue weighted by Gasteiger charge is 2.45. The molecule has 1 aromatic rings. The van der Waals surface area contributed by atoms with Crippen LogP contribution in [-0.4, -0.2) is 13.5 Å². The van der Waals surface area contributed by atoms with Gasteiger partial charge in [-0.2, -0.15) is 0 Å². The van der Waals surface area contributed by atoms with Crippen LogP contribution in [0.4, 0.5) is 8.78 Å². The van der Waals surface area contributed by atoms with Gasteiger partial charge in [-0.1, -0.05) is 23.8 Å². The Morgan fingerprint density at radius 2 is 2.13 bits per heavy atom. The Morgan fingerprint density at radius 3 is 2.73 bits per heavy atom. The van der Waals surface area contributed by atoms with Gasteiger partial charge < -0.3 is 5.32 Å². The summed E-state index contributed by atoms with van der Waals surface area (Å²) in [5.41, 5.74) is 1.74. The van der Waals surface area contributed by atoms with Gasteiger partial charge in [0.2, 0.25) is 0 Å². The smallest absolute Gasteiger partial charge is 0.260 e. The van der Waals surface area contributed by atoms with E-state index in [1.54, 1.807) is 7.05 Å². The van der Waals surface area contributed by atoms with Crippen LogP contribution in [0.1, 0.15) is 23.1 Å². The van der Waals surface area contributed by atoms with Crippen molar-refractivity contribution in [2.75, 3.05) is 7.05 Å². The number of rotatable bonds is 2. The van der Waals surface area contributed by atoms with E-state index in [1.165, 1.54) is 0 Å². The molecule has 0 saturated carbocycles. The van der Waals surface area contributed by atoms with E-state index in [0.717, 1.165) is 23.1 Å². The molecule has 1 nitrogen and oxygen atoms in total. The van der Waals surface area contributed by atoms with Crippen molar-refractivity contribution in [3.8, 4) is 0 Å². The maximum atomic E-state index is 13.1. The second kappa shape index (κ2) is 3.56. The molecular weight excluding hydrogens is 196 g/mol. The minimum absolute atomic E-state index is 0.486. The van der Waals surface area contributed by atoms with Gasteiger partial charge in [0.05, 0.1) is 0 Å². The Kier molecular flexibility index (Phi) is 2.51. The summed E-state index contributed by atoms with van der Waals surface area (Å²) in [6, 6.07) is 5.83. The van der Waals surface area contributed by atoms with Crippen LogP contribution in [0.5, 0.6) is 0 Å². The third-order valence-electron chi connectivity index (χ3n) is 3.35. The first-order chi connectivity index (χ1) is 7.10. The molecule has 3 heteroatoms. The highest BCUT2D eigenvalue weighted by Crippen LogP contribution is 2.41. The van der Waals surface area contributed by atoms with Crippen LogP contribution in [0.25, 0.3) is 0 Å². The second-order valence-electron chi connectivity index (χ2n) is 4.18. The third kappa shape index (κ3) is 1.46. The number of benzene rings is 1. The molecule has 0 radical (unpaired) electrons. The van der Waals surface area contributed by atoms with Gasteiger partial charge in [-0.05, 0) is 37.9 Å². The van der Waals surface area contributed by atoms with E-state index in [-0.39, 0.29) is 0 Å². The average Bonchev–Trinajstić information content (AvgIpc) is 2.57. The highest BCUT2D eigenvalue weighted by atomic mass is 19.3. The first-order valence-electron chi connectivity index (χ1n) is 5.17. The van der Waals surface area contributed by atoms with E-state index in [9.17, 15) is 8.78 Å². The summed E-state index contributed by atoms with van der Waals surface area (Å²) in [5.74, 6) is 0. The van der Waals surface area contributed by atoms with Crippen LogP contribution in [0.2, 0.25) is 0 Å². The normalized spacial score (nSPS) is 24.6. The minimum Gasteiger partial charge on any atom is -0.306 e. The summed E-state index contributed by atoms with van der Waals surface area (Å²) in [4.78, 5) is 0. The summed E-state index contributed by atoms with van der Waals surface area (Å²) < 4.78 is 26.3. The molecule has 0 aromatic heterocycles. The third-order valence-corrected chi connectivity index (χ3v) is 3.35. The molecule has 0 aliphatic heterocycles. The van der Waals surface area contributed by atoms with Crippen molar-refractivity contribution < 1.29 is 8.78 Å². The molecule has 2 rings (SSSR count). The molecule has 0 fully saturated rings. The standard InChI is InChI=1S/C12H15F2N/c1-8-3-4-9-5-6-12(15-2,11(13)14)10(9)7-8/h3-4,7,11,15H,5-6H2,1-2H3. The van der Waals surface area contributed by atoms with Gasteiger partial charge >= 0.3 is 0 Å². The number of hydrogen-bond donors (Lipinski definition) is 1. The van der Waals surface area contributed by atoms with E-state index < -0.39 is 12.0 Å². The van der Waals surface area contributed by atoms with Crippen molar-refractivity contribution in [2.24, 2.45) is 0 Å². The number of fused-ring (bicyclic) bond motifs is 1. The minimum atomic E-state index is -2.36. The van der Waals surface area contributed by atoms with Crippen LogP contribution < -0.4 is 5.32 Å². The maximum Gasteiger partial charge on any atom is 0.260 e. The zero-order valence-corrected chi connectivity index (χ0v) is 8.98. The Bertz CT molecular complexity index is 376. The predicted molar refractivity (Wildman–Crippen MR) is 56.2 cm³/mol. The fourth-order valence-electron chi connectivity index (χ4n) is 2.39. The quantitative estimate of drug-likeness (QED) is 0.793. The lowest BCUT2D eigenvalue weighted by Gasteiger charge is -2.29. The summed E-state index contributed by atoms with van der Waals surface area (Å²) in [5, 5.41) is 2.81. The summed E-state index contributed by atoms with van der Waals surface area (Å²) >= 11 is 0. The molecule has 1 aromatic carbocycles. The molecule has 0 bridgehead atoms. The summed E-state index contributed by atoms with van der Waals surface area (Å²) in [7, 11) is 1.61. The highest BCUT2D eigenvalue weighted by molar-refractivity contribution is 5.41. The second-order valence-corrected chi connectivity index (χ2v) is 4.18. The van der Waals surface area contributed by atoms with E-state index in [2.05, 4.69) is 5.32 Å². The van der Waals surface area contributed by atoms with Crippen molar-refractivity contribution in [1.29, 1.82) is 0 Å². The lowest BCUT2D eigenvalue weighted by atomic mass is 9.91. The fraction of sp³-hybridized carbons (Fsp3) is 0.500. The SMILES string of the molecule is CNC1(C(F)F)CCc2ccc(C)cc21. The zero-order chi connectivity index (χ0) is 11.1. The van der Waals surface area contributed by atoms with Crippen molar-refractivity contribution in [2.45, 2.75) is 31.7 Å². The molecule has 0 amide bonds. The molecule has 1 atom stereocenters. The molecule has 1 unspecified atom stereocenters. The fourth-order valence-corrected chi connectivity index (χ4v) is 2.39. The Labute approximate surface area is 88.5 Å². The first-order valence-corrected chi connectivity index (χ1v) is 5.17. The molecule has 0 saturated heterocycles. The van der Waals surface area contributed by atoms with Gasteiger partial charge in [-0.25, -0.2) is 8.78 Å². The van der Waals surface area contributed by atoms with E-state index in [4.69, 9.17) is 0 Å². The average molecular weight is 211 g/mol. The topological polar surface area (TPSA) is 12.0 Å². The van der Waals surface area contributed by atoms with Crippen LogP contribution in [-0.2, 0) is 12.0 Å². The van der Waals surface area contributed by atoms with Crippen LogP contribution in [0.3, 0.4) is 0 Å². The van der Waals surface area contributed by atoms with Crippen LogP contribution in [0, 0.1) is 6.92 Å². The monoisotopic (exact) mass is 211 g/mol. The lowest BCUT2D eigenvalue weighted by molar-refractivity contribution is 0.0328. The summed E-state index contributed by atoms with van der Waals surface area (Å²) in [6.45, 7) is 1.94. The zero-order valence-electron chi connectivity index (χ0n) is 8.98. The van der Waals surface area contributed by atoms with Crippen LogP contribution in [0.15, 0.2) is 18.2 Å². The van der Waals surface area contributed by atoms with E-state index >= 15 is 0 Å². The molecule has 1 aliphatic rings. The Morgan fingerprint density at radius 1 is 1.40 bits per heavy atom. The van der Waals surface area contributed by atoms with E-state index in [1.807, 2.05) is 25.1 Å². The molecule has 82 valence electrons. The van der Waals surface area contributed by atoms with Gasteiger partial charge in [0.1, 0.15) is 5.54 Å². The summed E-state index contributed by atoms with van der Waals surface area (Å²) in [6.07, 6.45) is -1.13. The lowest BCUT2D eigenvalue weighted by Crippen LogP contribution is -2.44. The Hall–Kier alpha value is -0.960. The van der Waals surface area contributed by atoms with E-state index in [0.29, 0.717) is 6.42 Å². The van der Waals surface area contributed by atoms with Gasteiger partial charge in [0.25, 0.3) is 6.43 Å². The van der Waals surface area contributed by atoms with Gasteiger partial charge in [-0.3, -0.25) is 0 Å². The number of alkyl halides is 2. The number of nitrogens with one attached hydrogen (secondary N) is 1. The molecule has 1 aliphatic carbocycles. The predicted octanol–water partition coefficient (Wildman–Crippen LogP) is 2.62.